The number of nitrogens with zero attached hydrogens (tertiary/aromatic N) is 3. The van der Waals surface area contributed by atoms with Crippen LogP contribution < -0.4 is 0 Å². The van der Waals surface area contributed by atoms with Crippen LogP contribution >= 0.6 is 0 Å². The Hall–Kier alpha value is -2.43. The molecule has 0 aliphatic rings. The number of nitro groups is 1. The third-order valence-corrected chi connectivity index (χ3v) is 3.13. The van der Waals surface area contributed by atoms with E-state index in [1.807, 2.05) is 40.1 Å². The molecule has 0 amide bonds. The summed E-state index contributed by atoms with van der Waals surface area (Å²) >= 11 is 0. The molecule has 0 aliphatic carbocycles. The van der Waals surface area contributed by atoms with Crippen molar-refractivity contribution in [1.82, 2.24) is 9.78 Å². The van der Waals surface area contributed by atoms with E-state index in [9.17, 15) is 10.1 Å². The van der Waals surface area contributed by atoms with Crippen LogP contribution in [0.3, 0.4) is 0 Å². The van der Waals surface area contributed by atoms with Crippen LogP contribution in [-0.2, 0) is 12.5 Å². The predicted octanol–water partition coefficient (Wildman–Crippen LogP) is 3.49. The lowest BCUT2D eigenvalue weighted by Crippen LogP contribution is -2.14. The quantitative estimate of drug-likeness (QED) is 0.640. The van der Waals surface area contributed by atoms with Crippen LogP contribution in [0.1, 0.15) is 37.6 Å². The minimum atomic E-state index is -0.352. The molecule has 21 heavy (non-hydrogen) atoms. The molecule has 0 radical (unpaired) electrons. The van der Waals surface area contributed by atoms with Gasteiger partial charge in [0, 0.05) is 30.3 Å². The highest BCUT2D eigenvalue weighted by molar-refractivity contribution is 5.77. The number of aromatic nitrogens is 2. The van der Waals surface area contributed by atoms with Gasteiger partial charge in [-0.3, -0.25) is 14.8 Å². The fourth-order valence-electron chi connectivity index (χ4n) is 2.19. The lowest BCUT2D eigenvalue weighted by molar-refractivity contribution is -0.374. The molecule has 0 atom stereocenters. The molecular weight excluding hydrogens is 266 g/mol. The number of rotatable bonds is 3. The molecule has 0 unspecified atom stereocenters. The molecule has 0 aliphatic heterocycles. The zero-order valence-corrected chi connectivity index (χ0v) is 12.7. The minimum Gasteiger partial charge on any atom is -0.275 e. The van der Waals surface area contributed by atoms with Crippen molar-refractivity contribution in [1.29, 1.82) is 0 Å². The molecule has 0 spiro atoms. The zero-order chi connectivity index (χ0) is 15.6. The number of benzene rings is 1. The van der Waals surface area contributed by atoms with E-state index in [2.05, 4.69) is 5.10 Å². The molecule has 110 valence electrons. The van der Waals surface area contributed by atoms with Gasteiger partial charge >= 0.3 is 0 Å². The minimum absolute atomic E-state index is 0.0779. The fraction of sp³-hybridized carbons (Fsp3) is 0.312. The second kappa shape index (κ2) is 5.52. The summed E-state index contributed by atoms with van der Waals surface area (Å²) in [6.45, 7) is 6.13. The Balaban J connectivity index is 2.57. The van der Waals surface area contributed by atoms with Crippen molar-refractivity contribution in [3.8, 4) is 0 Å². The Morgan fingerprint density at radius 1 is 1.29 bits per heavy atom. The van der Waals surface area contributed by atoms with Crippen LogP contribution in [0.4, 0.5) is 0 Å². The van der Waals surface area contributed by atoms with Gasteiger partial charge in [-0.2, -0.15) is 5.10 Å². The van der Waals surface area contributed by atoms with Crippen molar-refractivity contribution in [2.75, 3.05) is 0 Å². The molecule has 1 aromatic heterocycles. The van der Waals surface area contributed by atoms with Crippen molar-refractivity contribution >= 4 is 11.8 Å². The highest BCUT2D eigenvalue weighted by Crippen LogP contribution is 2.27. The van der Waals surface area contributed by atoms with Crippen molar-refractivity contribution < 1.29 is 4.92 Å². The monoisotopic (exact) mass is 285 g/mol. The first-order chi connectivity index (χ1) is 9.79. The Kier molecular flexibility index (Phi) is 3.93. The second-order valence-corrected chi connectivity index (χ2v) is 6.01. The zero-order valence-electron chi connectivity index (χ0n) is 12.7. The first-order valence-corrected chi connectivity index (χ1v) is 6.74. The topological polar surface area (TPSA) is 61.0 Å². The molecule has 1 aromatic carbocycles. The average molecular weight is 285 g/mol. The van der Waals surface area contributed by atoms with E-state index in [4.69, 9.17) is 0 Å². The third-order valence-electron chi connectivity index (χ3n) is 3.13. The first kappa shape index (κ1) is 15.0. The van der Waals surface area contributed by atoms with Crippen LogP contribution in [0.2, 0.25) is 0 Å². The molecule has 0 fully saturated rings. The van der Waals surface area contributed by atoms with Crippen LogP contribution in [0.5, 0.6) is 0 Å². The molecule has 5 heteroatoms. The van der Waals surface area contributed by atoms with E-state index < -0.39 is 0 Å². The van der Waals surface area contributed by atoms with Gasteiger partial charge < -0.3 is 0 Å². The van der Waals surface area contributed by atoms with Gasteiger partial charge in [-0.05, 0) is 12.1 Å². The first-order valence-electron chi connectivity index (χ1n) is 6.74. The fourth-order valence-corrected chi connectivity index (χ4v) is 2.19. The number of aryl methyl sites for hydroxylation is 1. The lowest BCUT2D eigenvalue weighted by Gasteiger charge is -2.16. The maximum Gasteiger partial charge on any atom is 0.277 e. The largest absolute Gasteiger partial charge is 0.277 e. The lowest BCUT2D eigenvalue weighted by atomic mass is 9.89. The molecule has 5 nitrogen and oxygen atoms in total. The smallest absolute Gasteiger partial charge is 0.275 e. The van der Waals surface area contributed by atoms with Gasteiger partial charge in [0.2, 0.25) is 0 Å². The maximum absolute atomic E-state index is 11.4. The Bertz CT molecular complexity index is 679. The molecule has 0 bridgehead atoms. The van der Waals surface area contributed by atoms with E-state index in [1.54, 1.807) is 35.0 Å². The van der Waals surface area contributed by atoms with Gasteiger partial charge in [-0.25, -0.2) is 0 Å². The normalized spacial score (nSPS) is 12.5. The van der Waals surface area contributed by atoms with E-state index in [0.717, 1.165) is 11.3 Å². The molecule has 0 N–H and O–H groups in total. The van der Waals surface area contributed by atoms with E-state index >= 15 is 0 Å². The van der Waals surface area contributed by atoms with Gasteiger partial charge in [-0.1, -0.05) is 39.0 Å². The number of hydrogen-bond donors (Lipinski definition) is 0. The van der Waals surface area contributed by atoms with Crippen LogP contribution in [0, 0.1) is 10.1 Å². The molecule has 2 aromatic rings. The summed E-state index contributed by atoms with van der Waals surface area (Å²) in [7, 11) is 1.82. The van der Waals surface area contributed by atoms with Crippen molar-refractivity contribution in [2.45, 2.75) is 26.2 Å². The third kappa shape index (κ3) is 3.37. The molecule has 2 rings (SSSR count). The standard InChI is InChI=1S/C16H19N3O2/c1-16(2,3)15-13(11-18(4)17-15)10-14(19(20)21)12-8-6-5-7-9-12/h5-11H,1-4H3/b14-10+. The van der Waals surface area contributed by atoms with E-state index in [0.29, 0.717) is 5.56 Å². The van der Waals surface area contributed by atoms with Crippen LogP contribution in [0.15, 0.2) is 36.5 Å². The Morgan fingerprint density at radius 2 is 1.90 bits per heavy atom. The van der Waals surface area contributed by atoms with Gasteiger partial charge in [-0.15, -0.1) is 0 Å². The van der Waals surface area contributed by atoms with Crippen LogP contribution in [-0.4, -0.2) is 14.7 Å². The van der Waals surface area contributed by atoms with Gasteiger partial charge in [0.1, 0.15) is 0 Å². The van der Waals surface area contributed by atoms with E-state index in [1.165, 1.54) is 0 Å². The molecule has 0 saturated carbocycles. The predicted molar refractivity (Wildman–Crippen MR) is 83.2 cm³/mol. The summed E-state index contributed by atoms with van der Waals surface area (Å²) in [4.78, 5) is 11.0. The maximum atomic E-state index is 11.4. The van der Waals surface area contributed by atoms with Gasteiger partial charge in [0.05, 0.1) is 16.2 Å². The Labute approximate surface area is 124 Å². The summed E-state index contributed by atoms with van der Waals surface area (Å²) in [5.41, 5.74) is 2.12. The SMILES string of the molecule is Cn1cc(/C=C(\c2ccccc2)[N+](=O)[O-])c(C(C)(C)C)n1. The average Bonchev–Trinajstić information content (AvgIpc) is 2.78. The Morgan fingerprint density at radius 3 is 2.43 bits per heavy atom. The summed E-state index contributed by atoms with van der Waals surface area (Å²) in [6, 6.07) is 8.90. The summed E-state index contributed by atoms with van der Waals surface area (Å²) < 4.78 is 1.69. The highest BCUT2D eigenvalue weighted by atomic mass is 16.6. The number of hydrogen-bond acceptors (Lipinski definition) is 3. The summed E-state index contributed by atoms with van der Waals surface area (Å²) in [6.07, 6.45) is 3.41. The van der Waals surface area contributed by atoms with Gasteiger partial charge in [0.15, 0.2) is 0 Å². The summed E-state index contributed by atoms with van der Waals surface area (Å²) in [5, 5.41) is 15.8. The van der Waals surface area contributed by atoms with Crippen molar-refractivity contribution in [2.24, 2.45) is 7.05 Å². The molecule has 1 heterocycles. The van der Waals surface area contributed by atoms with Crippen molar-refractivity contribution in [3.05, 3.63) is 63.5 Å². The highest BCUT2D eigenvalue weighted by Gasteiger charge is 2.23. The van der Waals surface area contributed by atoms with Gasteiger partial charge in [0.25, 0.3) is 5.70 Å². The van der Waals surface area contributed by atoms with Crippen LogP contribution in [0.25, 0.3) is 11.8 Å². The summed E-state index contributed by atoms with van der Waals surface area (Å²) in [5.74, 6) is 0. The molecule has 0 saturated heterocycles. The second-order valence-electron chi connectivity index (χ2n) is 6.01. The van der Waals surface area contributed by atoms with E-state index in [-0.39, 0.29) is 16.0 Å². The molecular formula is C16H19N3O2. The van der Waals surface area contributed by atoms with Crippen molar-refractivity contribution in [3.63, 3.8) is 0 Å².